The van der Waals surface area contributed by atoms with E-state index in [0.29, 0.717) is 9.32 Å². The fraction of sp³-hybridized carbons (Fsp3) is 0.222. The Morgan fingerprint density at radius 3 is 2.47 bits per heavy atom. The molecule has 1 aromatic carbocycles. The zero-order chi connectivity index (χ0) is 11.6. The Morgan fingerprint density at radius 1 is 1.40 bits per heavy atom. The molecule has 1 aromatic rings. The minimum Gasteiger partial charge on any atom is -0.506 e. The standard InChI is InChI=1S/C9H8I2O4/c1-14-8-5(10)3-4(9(13)15-2)7(12)6(8)11/h3,12H,1-2H3. The maximum Gasteiger partial charge on any atom is 0.341 e. The molecule has 6 heteroatoms. The van der Waals surface area contributed by atoms with E-state index in [1.165, 1.54) is 20.3 Å². The van der Waals surface area contributed by atoms with E-state index in [9.17, 15) is 9.90 Å². The van der Waals surface area contributed by atoms with Crippen LogP contribution in [0.4, 0.5) is 0 Å². The van der Waals surface area contributed by atoms with Crippen LogP contribution in [0.3, 0.4) is 0 Å². The van der Waals surface area contributed by atoms with Crippen LogP contribution < -0.4 is 4.74 Å². The average Bonchev–Trinajstić information content (AvgIpc) is 2.23. The monoisotopic (exact) mass is 434 g/mol. The number of phenols is 1. The van der Waals surface area contributed by atoms with Crippen molar-refractivity contribution >= 4 is 51.2 Å². The molecule has 0 unspecified atom stereocenters. The molecule has 0 saturated carbocycles. The summed E-state index contributed by atoms with van der Waals surface area (Å²) in [7, 11) is 2.78. The highest BCUT2D eigenvalue weighted by molar-refractivity contribution is 14.1. The molecular weight excluding hydrogens is 426 g/mol. The first-order chi connectivity index (χ1) is 7.02. The first kappa shape index (κ1) is 12.8. The molecule has 0 aromatic heterocycles. The van der Waals surface area contributed by atoms with E-state index in [0.717, 1.165) is 3.57 Å². The zero-order valence-electron chi connectivity index (χ0n) is 8.01. The van der Waals surface area contributed by atoms with Crippen molar-refractivity contribution in [1.82, 2.24) is 0 Å². The highest BCUT2D eigenvalue weighted by Gasteiger charge is 2.20. The Labute approximate surface area is 114 Å². The van der Waals surface area contributed by atoms with Gasteiger partial charge in [0.15, 0.2) is 0 Å². The first-order valence-corrected chi connectivity index (χ1v) is 6.02. The molecule has 0 atom stereocenters. The van der Waals surface area contributed by atoms with E-state index in [1.807, 2.05) is 45.2 Å². The summed E-state index contributed by atoms with van der Waals surface area (Å²) < 4.78 is 10.9. The molecule has 1 N–H and O–H groups in total. The number of esters is 1. The quantitative estimate of drug-likeness (QED) is 0.574. The molecule has 82 valence electrons. The maximum atomic E-state index is 11.3. The molecule has 4 nitrogen and oxygen atoms in total. The van der Waals surface area contributed by atoms with Gasteiger partial charge in [0, 0.05) is 0 Å². The van der Waals surface area contributed by atoms with Crippen LogP contribution >= 0.6 is 45.2 Å². The van der Waals surface area contributed by atoms with Gasteiger partial charge in [-0.1, -0.05) is 0 Å². The number of phenolic OH excluding ortho intramolecular Hbond substituents is 1. The summed E-state index contributed by atoms with van der Waals surface area (Å²) in [4.78, 5) is 11.3. The van der Waals surface area contributed by atoms with Gasteiger partial charge in [0.1, 0.15) is 17.1 Å². The number of carbonyl (C=O) groups is 1. The zero-order valence-corrected chi connectivity index (χ0v) is 12.3. The normalized spacial score (nSPS) is 9.87. The van der Waals surface area contributed by atoms with Gasteiger partial charge in [-0.3, -0.25) is 0 Å². The van der Waals surface area contributed by atoms with Gasteiger partial charge < -0.3 is 14.6 Å². The highest BCUT2D eigenvalue weighted by Crippen LogP contribution is 2.36. The van der Waals surface area contributed by atoms with Crippen molar-refractivity contribution in [3.8, 4) is 11.5 Å². The summed E-state index contributed by atoms with van der Waals surface area (Å²) >= 11 is 3.95. The van der Waals surface area contributed by atoms with Gasteiger partial charge in [0.05, 0.1) is 21.4 Å². The van der Waals surface area contributed by atoms with E-state index in [1.54, 1.807) is 0 Å². The summed E-state index contributed by atoms with van der Waals surface area (Å²) in [5.74, 6) is -0.118. The van der Waals surface area contributed by atoms with Crippen LogP contribution in [0, 0.1) is 7.14 Å². The summed E-state index contributed by atoms with van der Waals surface area (Å²) in [5.41, 5.74) is 0.145. The van der Waals surface area contributed by atoms with Crippen LogP contribution in [0.1, 0.15) is 10.4 Å². The molecule has 0 aliphatic rings. The van der Waals surface area contributed by atoms with Crippen molar-refractivity contribution in [1.29, 1.82) is 0 Å². The third kappa shape index (κ3) is 2.47. The number of halogens is 2. The molecule has 0 saturated heterocycles. The minimum absolute atomic E-state index is 0.111. The van der Waals surface area contributed by atoms with Crippen molar-refractivity contribution in [2.24, 2.45) is 0 Å². The Bertz CT molecular complexity index is 404. The third-order valence-electron chi connectivity index (χ3n) is 1.76. The minimum atomic E-state index is -0.564. The fourth-order valence-electron chi connectivity index (χ4n) is 1.04. The Balaban J connectivity index is 3.40. The van der Waals surface area contributed by atoms with E-state index in [4.69, 9.17) is 4.74 Å². The van der Waals surface area contributed by atoms with Crippen LogP contribution in [0.2, 0.25) is 0 Å². The second-order valence-corrected chi connectivity index (χ2v) is 4.83. The van der Waals surface area contributed by atoms with Crippen LogP contribution in [-0.2, 0) is 4.74 Å². The second kappa shape index (κ2) is 5.19. The molecule has 0 aliphatic heterocycles. The van der Waals surface area contributed by atoms with Gasteiger partial charge in [-0.05, 0) is 51.2 Å². The molecule has 0 heterocycles. The highest BCUT2D eigenvalue weighted by atomic mass is 127. The van der Waals surface area contributed by atoms with Crippen molar-refractivity contribution < 1.29 is 19.4 Å². The van der Waals surface area contributed by atoms with Gasteiger partial charge in [-0.15, -0.1) is 0 Å². The van der Waals surface area contributed by atoms with Gasteiger partial charge in [-0.25, -0.2) is 4.79 Å². The maximum absolute atomic E-state index is 11.3. The Morgan fingerprint density at radius 2 is 2.00 bits per heavy atom. The van der Waals surface area contributed by atoms with Crippen LogP contribution in [-0.4, -0.2) is 25.3 Å². The van der Waals surface area contributed by atoms with Gasteiger partial charge in [0.25, 0.3) is 0 Å². The lowest BCUT2D eigenvalue weighted by Gasteiger charge is -2.10. The Kier molecular flexibility index (Phi) is 4.44. The van der Waals surface area contributed by atoms with Crippen LogP contribution in [0.25, 0.3) is 0 Å². The molecule has 15 heavy (non-hydrogen) atoms. The molecule has 0 bridgehead atoms. The number of hydrogen-bond donors (Lipinski definition) is 1. The van der Waals surface area contributed by atoms with Gasteiger partial charge >= 0.3 is 5.97 Å². The number of benzene rings is 1. The lowest BCUT2D eigenvalue weighted by atomic mass is 10.2. The van der Waals surface area contributed by atoms with Crippen molar-refractivity contribution in [2.75, 3.05) is 14.2 Å². The van der Waals surface area contributed by atoms with E-state index in [-0.39, 0.29) is 11.3 Å². The number of aromatic hydroxyl groups is 1. The topological polar surface area (TPSA) is 55.8 Å². The fourth-order valence-corrected chi connectivity index (χ4v) is 3.16. The van der Waals surface area contributed by atoms with Crippen molar-refractivity contribution in [3.05, 3.63) is 18.8 Å². The number of ether oxygens (including phenoxy) is 2. The summed E-state index contributed by atoms with van der Waals surface area (Å²) in [6.45, 7) is 0. The lowest BCUT2D eigenvalue weighted by Crippen LogP contribution is -2.04. The summed E-state index contributed by atoms with van der Waals surface area (Å²) in [5, 5.41) is 9.74. The number of rotatable bonds is 2. The van der Waals surface area contributed by atoms with E-state index < -0.39 is 5.97 Å². The van der Waals surface area contributed by atoms with Crippen molar-refractivity contribution in [2.45, 2.75) is 0 Å². The van der Waals surface area contributed by atoms with Crippen LogP contribution in [0.15, 0.2) is 6.07 Å². The SMILES string of the molecule is COC(=O)c1cc(I)c(OC)c(I)c1O. The average molecular weight is 434 g/mol. The molecular formula is C9H8I2O4. The molecule has 0 radical (unpaired) electrons. The second-order valence-electron chi connectivity index (χ2n) is 2.59. The third-order valence-corrected chi connectivity index (χ3v) is 3.56. The predicted molar refractivity (Wildman–Crippen MR) is 71.4 cm³/mol. The van der Waals surface area contributed by atoms with E-state index >= 15 is 0 Å². The first-order valence-electron chi connectivity index (χ1n) is 3.86. The molecule has 0 amide bonds. The van der Waals surface area contributed by atoms with Crippen LogP contribution in [0.5, 0.6) is 11.5 Å². The number of hydrogen-bond acceptors (Lipinski definition) is 4. The lowest BCUT2D eigenvalue weighted by molar-refractivity contribution is 0.0597. The predicted octanol–water partition coefficient (Wildman–Crippen LogP) is 2.40. The largest absolute Gasteiger partial charge is 0.506 e. The van der Waals surface area contributed by atoms with Crippen molar-refractivity contribution in [3.63, 3.8) is 0 Å². The number of carbonyl (C=O) groups excluding carboxylic acids is 1. The molecule has 0 aliphatic carbocycles. The number of methoxy groups -OCH3 is 2. The molecule has 0 fully saturated rings. The van der Waals surface area contributed by atoms with E-state index in [2.05, 4.69) is 4.74 Å². The van der Waals surface area contributed by atoms with Gasteiger partial charge in [-0.2, -0.15) is 0 Å². The smallest absolute Gasteiger partial charge is 0.341 e. The molecule has 1 rings (SSSR count). The molecule has 0 spiro atoms. The Hall–Kier alpha value is -0.250. The summed E-state index contributed by atoms with van der Waals surface area (Å²) in [6.07, 6.45) is 0. The van der Waals surface area contributed by atoms with Gasteiger partial charge in [0.2, 0.25) is 0 Å². The summed E-state index contributed by atoms with van der Waals surface area (Å²) in [6, 6.07) is 1.53.